The average Bonchev–Trinajstić information content (AvgIpc) is 3.12. The van der Waals surface area contributed by atoms with Crippen LogP contribution in [0, 0.1) is 11.6 Å². The molecule has 1 aromatic heterocycles. The highest BCUT2D eigenvalue weighted by Crippen LogP contribution is 2.29. The molecule has 29 heavy (non-hydrogen) atoms. The minimum atomic E-state index is -0.736. The quantitative estimate of drug-likeness (QED) is 0.320. The number of benzene rings is 3. The van der Waals surface area contributed by atoms with Gasteiger partial charge >= 0.3 is 0 Å². The van der Waals surface area contributed by atoms with Crippen LogP contribution in [-0.4, -0.2) is 28.2 Å². The van der Waals surface area contributed by atoms with Crippen molar-refractivity contribution in [1.82, 2.24) is 9.55 Å². The Morgan fingerprint density at radius 2 is 1.83 bits per heavy atom. The Bertz CT molecular complexity index is 1190. The van der Waals surface area contributed by atoms with Gasteiger partial charge in [0.15, 0.2) is 10.9 Å². The van der Waals surface area contributed by atoms with Gasteiger partial charge in [0, 0.05) is 5.69 Å². The molecule has 146 valence electrons. The normalized spacial score (nSPS) is 11.0. The van der Waals surface area contributed by atoms with Gasteiger partial charge in [-0.15, -0.1) is 0 Å². The fourth-order valence-corrected chi connectivity index (χ4v) is 3.91. The number of fused-ring (bicyclic) bond motifs is 1. The number of para-hydroxylation sites is 2. The lowest BCUT2D eigenvalue weighted by molar-refractivity contribution is 0.101. The van der Waals surface area contributed by atoms with Gasteiger partial charge in [0.05, 0.1) is 29.5 Å². The number of carbonyl (C=O) groups is 1. The molecular weight excluding hydrogens is 394 g/mol. The van der Waals surface area contributed by atoms with E-state index in [0.29, 0.717) is 5.16 Å². The summed E-state index contributed by atoms with van der Waals surface area (Å²) < 4.78 is 34.4. The minimum Gasteiger partial charge on any atom is -0.497 e. The van der Waals surface area contributed by atoms with E-state index in [0.717, 1.165) is 40.7 Å². The van der Waals surface area contributed by atoms with Gasteiger partial charge in [-0.3, -0.25) is 9.36 Å². The predicted octanol–water partition coefficient (Wildman–Crippen LogP) is 5.29. The van der Waals surface area contributed by atoms with Crippen molar-refractivity contribution in [2.75, 3.05) is 12.9 Å². The van der Waals surface area contributed by atoms with E-state index < -0.39 is 17.4 Å². The van der Waals surface area contributed by atoms with Crippen LogP contribution < -0.4 is 4.74 Å². The number of imidazole rings is 1. The highest BCUT2D eigenvalue weighted by Gasteiger charge is 2.17. The molecule has 0 fully saturated rings. The Morgan fingerprint density at radius 3 is 2.59 bits per heavy atom. The van der Waals surface area contributed by atoms with Crippen LogP contribution in [0.1, 0.15) is 10.4 Å². The van der Waals surface area contributed by atoms with Gasteiger partial charge in [0.2, 0.25) is 0 Å². The molecule has 0 spiro atoms. The zero-order valence-corrected chi connectivity index (χ0v) is 16.2. The molecule has 1 heterocycles. The largest absolute Gasteiger partial charge is 0.497 e. The van der Waals surface area contributed by atoms with Gasteiger partial charge in [-0.1, -0.05) is 23.9 Å². The summed E-state index contributed by atoms with van der Waals surface area (Å²) in [5.74, 6) is -1.23. The molecule has 0 aliphatic heterocycles. The Morgan fingerprint density at radius 1 is 1.07 bits per heavy atom. The molecule has 0 amide bonds. The van der Waals surface area contributed by atoms with Gasteiger partial charge in [-0.25, -0.2) is 13.8 Å². The number of carbonyl (C=O) groups excluding carboxylic acids is 1. The van der Waals surface area contributed by atoms with Crippen molar-refractivity contribution in [2.24, 2.45) is 0 Å². The van der Waals surface area contributed by atoms with Crippen molar-refractivity contribution >= 4 is 28.6 Å². The second kappa shape index (κ2) is 8.05. The highest BCUT2D eigenvalue weighted by atomic mass is 32.2. The molecule has 0 radical (unpaired) electrons. The van der Waals surface area contributed by atoms with Crippen LogP contribution in [0.5, 0.6) is 5.75 Å². The molecule has 0 bridgehead atoms. The van der Waals surface area contributed by atoms with Gasteiger partial charge in [-0.05, 0) is 54.6 Å². The standard InChI is InChI=1S/C22H16F2N2O2S/c1-28-16-9-7-15(8-10-16)26-20-5-3-2-4-19(20)25-22(26)29-13-21(27)17-12-14(23)6-11-18(17)24/h2-12H,13H2,1H3. The van der Waals surface area contributed by atoms with Gasteiger partial charge in [0.1, 0.15) is 17.4 Å². The number of aromatic nitrogens is 2. The Kier molecular flexibility index (Phi) is 5.31. The fourth-order valence-electron chi connectivity index (χ4n) is 3.00. The van der Waals surface area contributed by atoms with Crippen molar-refractivity contribution in [2.45, 2.75) is 5.16 Å². The summed E-state index contributed by atoms with van der Waals surface area (Å²) in [6.07, 6.45) is 0. The first-order valence-corrected chi connectivity index (χ1v) is 9.78. The third-order valence-electron chi connectivity index (χ3n) is 4.42. The Hall–Kier alpha value is -3.19. The molecule has 0 aliphatic carbocycles. The van der Waals surface area contributed by atoms with E-state index in [1.807, 2.05) is 53.1 Å². The van der Waals surface area contributed by atoms with Gasteiger partial charge in [-0.2, -0.15) is 0 Å². The van der Waals surface area contributed by atoms with E-state index in [1.54, 1.807) is 7.11 Å². The zero-order valence-electron chi connectivity index (χ0n) is 15.4. The van der Waals surface area contributed by atoms with Crippen LogP contribution in [0.4, 0.5) is 8.78 Å². The van der Waals surface area contributed by atoms with Crippen LogP contribution in [0.2, 0.25) is 0 Å². The summed E-state index contributed by atoms with van der Waals surface area (Å²) in [6, 6.07) is 17.9. The van der Waals surface area contributed by atoms with E-state index in [4.69, 9.17) is 4.74 Å². The first-order chi connectivity index (χ1) is 14.1. The lowest BCUT2D eigenvalue weighted by Crippen LogP contribution is -2.07. The van der Waals surface area contributed by atoms with Crippen molar-refractivity contribution in [3.05, 3.63) is 83.9 Å². The number of Topliss-reactive ketones (excluding diaryl/α,β-unsaturated/α-hetero) is 1. The van der Waals surface area contributed by atoms with Crippen LogP contribution in [-0.2, 0) is 0 Å². The monoisotopic (exact) mass is 410 g/mol. The van der Waals surface area contributed by atoms with E-state index >= 15 is 0 Å². The first kappa shape index (κ1) is 19.1. The summed E-state index contributed by atoms with van der Waals surface area (Å²) in [6.45, 7) is 0. The summed E-state index contributed by atoms with van der Waals surface area (Å²) >= 11 is 1.18. The van der Waals surface area contributed by atoms with Crippen LogP contribution in [0.15, 0.2) is 71.9 Å². The molecule has 0 aliphatic rings. The number of hydrogen-bond acceptors (Lipinski definition) is 4. The number of halogens is 2. The summed E-state index contributed by atoms with van der Waals surface area (Å²) in [7, 11) is 1.60. The Balaban J connectivity index is 1.68. The van der Waals surface area contributed by atoms with E-state index in [-0.39, 0.29) is 11.3 Å². The second-order valence-corrected chi connectivity index (χ2v) is 7.20. The molecular formula is C22H16F2N2O2S. The van der Waals surface area contributed by atoms with Crippen LogP contribution in [0.25, 0.3) is 16.7 Å². The summed E-state index contributed by atoms with van der Waals surface area (Å²) in [5, 5.41) is 0.585. The molecule has 7 heteroatoms. The maximum Gasteiger partial charge on any atom is 0.176 e. The first-order valence-electron chi connectivity index (χ1n) is 8.80. The molecule has 0 saturated carbocycles. The average molecular weight is 410 g/mol. The number of ketones is 1. The number of methoxy groups -OCH3 is 1. The zero-order chi connectivity index (χ0) is 20.4. The minimum absolute atomic E-state index is 0.0696. The number of hydrogen-bond donors (Lipinski definition) is 0. The highest BCUT2D eigenvalue weighted by molar-refractivity contribution is 7.99. The SMILES string of the molecule is COc1ccc(-n2c(SCC(=O)c3cc(F)ccc3F)nc3ccccc32)cc1. The number of ether oxygens (including phenoxy) is 1. The lowest BCUT2D eigenvalue weighted by atomic mass is 10.1. The predicted molar refractivity (Wildman–Crippen MR) is 109 cm³/mol. The van der Waals surface area contributed by atoms with Crippen molar-refractivity contribution in [1.29, 1.82) is 0 Å². The number of rotatable bonds is 6. The third kappa shape index (κ3) is 3.86. The lowest BCUT2D eigenvalue weighted by Gasteiger charge is -2.10. The summed E-state index contributed by atoms with van der Waals surface area (Å²) in [4.78, 5) is 17.1. The molecule has 4 nitrogen and oxygen atoms in total. The molecule has 3 aromatic carbocycles. The molecule has 0 N–H and O–H groups in total. The third-order valence-corrected chi connectivity index (χ3v) is 5.36. The fraction of sp³-hybridized carbons (Fsp3) is 0.0909. The van der Waals surface area contributed by atoms with Gasteiger partial charge < -0.3 is 4.74 Å². The Labute approximate surface area is 170 Å². The number of nitrogens with zero attached hydrogens (tertiary/aromatic N) is 2. The maximum absolute atomic E-state index is 13.9. The molecule has 4 aromatic rings. The topological polar surface area (TPSA) is 44.1 Å². The summed E-state index contributed by atoms with van der Waals surface area (Å²) in [5.41, 5.74) is 2.25. The molecule has 0 unspecified atom stereocenters. The van der Waals surface area contributed by atoms with E-state index in [1.165, 1.54) is 11.8 Å². The number of thioether (sulfide) groups is 1. The molecule has 0 saturated heterocycles. The van der Waals surface area contributed by atoms with Gasteiger partial charge in [0.25, 0.3) is 0 Å². The maximum atomic E-state index is 13.9. The van der Waals surface area contributed by atoms with Crippen LogP contribution in [0.3, 0.4) is 0 Å². The molecule has 4 rings (SSSR count). The van der Waals surface area contributed by atoms with Crippen LogP contribution >= 0.6 is 11.8 Å². The molecule has 0 atom stereocenters. The van der Waals surface area contributed by atoms with E-state index in [9.17, 15) is 13.6 Å². The smallest absolute Gasteiger partial charge is 0.176 e. The van der Waals surface area contributed by atoms with Crippen molar-refractivity contribution < 1.29 is 18.3 Å². The van der Waals surface area contributed by atoms with E-state index in [2.05, 4.69) is 4.98 Å². The second-order valence-electron chi connectivity index (χ2n) is 6.25. The van der Waals surface area contributed by atoms with Crippen molar-refractivity contribution in [3.8, 4) is 11.4 Å². The van der Waals surface area contributed by atoms with Crippen molar-refractivity contribution in [3.63, 3.8) is 0 Å².